The second-order valence-electron chi connectivity index (χ2n) is 5.02. The highest BCUT2D eigenvalue weighted by Crippen LogP contribution is 2.22. The first-order valence-electron chi connectivity index (χ1n) is 7.07. The van der Waals surface area contributed by atoms with Crippen molar-refractivity contribution in [3.63, 3.8) is 0 Å². The summed E-state index contributed by atoms with van der Waals surface area (Å²) in [7, 11) is 0. The summed E-state index contributed by atoms with van der Waals surface area (Å²) in [4.78, 5) is 10.8. The first-order chi connectivity index (χ1) is 11.1. The molecular weight excluding hydrogens is 297 g/mol. The normalized spacial score (nSPS) is 10.5. The summed E-state index contributed by atoms with van der Waals surface area (Å²) >= 11 is 0. The van der Waals surface area contributed by atoms with Crippen molar-refractivity contribution in [3.8, 4) is 11.3 Å². The fourth-order valence-electron chi connectivity index (χ4n) is 2.17. The quantitative estimate of drug-likeness (QED) is 0.540. The van der Waals surface area contributed by atoms with Gasteiger partial charge in [-0.3, -0.25) is 4.79 Å². The zero-order valence-electron chi connectivity index (χ0n) is 12.5. The number of carbonyl (C=O) groups excluding carboxylic acids is 1. The molecule has 116 valence electrons. The molecule has 0 fully saturated rings. The van der Waals surface area contributed by atoms with Gasteiger partial charge in [-0.15, -0.1) is 0 Å². The standard InChI is InChI=1S/C12H11NO3.C6H3F/c1-9(14)15-8-10-4-2-3-5-11(10)12-6-7-16-13-12;7-6-3-4-1-2-5(4)6/h2-7H,8H2,1H3;1-3H. The van der Waals surface area contributed by atoms with Crippen LogP contribution < -0.4 is 0 Å². The zero-order valence-corrected chi connectivity index (χ0v) is 12.5. The molecule has 0 saturated carbocycles. The highest BCUT2D eigenvalue weighted by molar-refractivity contribution is 5.67. The van der Waals surface area contributed by atoms with Crippen molar-refractivity contribution in [3.05, 3.63) is 76.6 Å². The van der Waals surface area contributed by atoms with Gasteiger partial charge in [-0.05, 0) is 16.8 Å². The number of rotatable bonds is 3. The first kappa shape index (κ1) is 15.0. The van der Waals surface area contributed by atoms with Crippen molar-refractivity contribution in [2.24, 2.45) is 0 Å². The molecule has 1 aromatic carbocycles. The summed E-state index contributed by atoms with van der Waals surface area (Å²) in [6, 6.07) is 14.6. The number of hydrogen-bond acceptors (Lipinski definition) is 4. The lowest BCUT2D eigenvalue weighted by Gasteiger charge is -2.06. The van der Waals surface area contributed by atoms with Gasteiger partial charge in [0.25, 0.3) is 0 Å². The molecule has 0 bridgehead atoms. The largest absolute Gasteiger partial charge is 0.461 e. The summed E-state index contributed by atoms with van der Waals surface area (Å²) < 4.78 is 21.7. The van der Waals surface area contributed by atoms with Crippen molar-refractivity contribution in [2.75, 3.05) is 0 Å². The number of halogens is 1. The van der Waals surface area contributed by atoms with Crippen molar-refractivity contribution in [1.29, 1.82) is 0 Å². The maximum Gasteiger partial charge on any atom is 0.302 e. The van der Waals surface area contributed by atoms with E-state index in [4.69, 9.17) is 9.26 Å². The number of ether oxygens (including phenoxy) is 1. The molecule has 0 spiro atoms. The molecule has 0 unspecified atom stereocenters. The van der Waals surface area contributed by atoms with Gasteiger partial charge in [-0.1, -0.05) is 41.6 Å². The SMILES string of the molecule is CC(=O)OCc1ccccc1-c1ccon1.Fc1cc2ccc1=2. The highest BCUT2D eigenvalue weighted by Gasteiger charge is 2.08. The van der Waals surface area contributed by atoms with Crippen LogP contribution in [0.15, 0.2) is 59.3 Å². The summed E-state index contributed by atoms with van der Waals surface area (Å²) in [6.07, 6.45) is 1.51. The van der Waals surface area contributed by atoms with Gasteiger partial charge in [0, 0.05) is 23.8 Å². The average Bonchev–Trinajstić information content (AvgIpc) is 3.05. The fourth-order valence-corrected chi connectivity index (χ4v) is 2.17. The molecule has 2 aliphatic carbocycles. The van der Waals surface area contributed by atoms with Crippen molar-refractivity contribution in [2.45, 2.75) is 13.5 Å². The summed E-state index contributed by atoms with van der Waals surface area (Å²) in [5.74, 6) is -0.354. The molecule has 4 rings (SSSR count). The van der Waals surface area contributed by atoms with Crippen LogP contribution in [-0.4, -0.2) is 11.1 Å². The Kier molecular flexibility index (Phi) is 4.19. The van der Waals surface area contributed by atoms with Crippen molar-refractivity contribution >= 4 is 5.97 Å². The van der Waals surface area contributed by atoms with E-state index in [1.54, 1.807) is 12.1 Å². The molecule has 23 heavy (non-hydrogen) atoms. The van der Waals surface area contributed by atoms with E-state index in [9.17, 15) is 9.18 Å². The van der Waals surface area contributed by atoms with E-state index in [-0.39, 0.29) is 18.4 Å². The van der Waals surface area contributed by atoms with Crippen LogP contribution in [0.25, 0.3) is 11.3 Å². The highest BCUT2D eigenvalue weighted by atomic mass is 19.1. The zero-order chi connectivity index (χ0) is 16.2. The van der Waals surface area contributed by atoms with Crippen LogP contribution in [0, 0.1) is 16.3 Å². The molecule has 0 amide bonds. The van der Waals surface area contributed by atoms with E-state index in [1.165, 1.54) is 19.3 Å². The van der Waals surface area contributed by atoms with Crippen LogP contribution in [0.3, 0.4) is 0 Å². The lowest BCUT2D eigenvalue weighted by Crippen LogP contribution is -2.00. The van der Waals surface area contributed by atoms with Gasteiger partial charge in [0.1, 0.15) is 24.4 Å². The Morgan fingerprint density at radius 1 is 1.22 bits per heavy atom. The third-order valence-electron chi connectivity index (χ3n) is 3.44. The van der Waals surface area contributed by atoms with Gasteiger partial charge in [-0.25, -0.2) is 4.39 Å². The van der Waals surface area contributed by atoms with E-state index in [0.29, 0.717) is 0 Å². The van der Waals surface area contributed by atoms with Crippen LogP contribution >= 0.6 is 0 Å². The van der Waals surface area contributed by atoms with Crippen LogP contribution in [0.5, 0.6) is 0 Å². The van der Waals surface area contributed by atoms with Gasteiger partial charge >= 0.3 is 5.97 Å². The predicted octanol–water partition coefficient (Wildman–Crippen LogP) is 3.83. The first-order valence-corrected chi connectivity index (χ1v) is 7.07. The molecule has 0 radical (unpaired) electrons. The third-order valence-corrected chi connectivity index (χ3v) is 3.44. The second kappa shape index (κ2) is 6.44. The van der Waals surface area contributed by atoms with Gasteiger partial charge in [0.05, 0.1) is 0 Å². The Labute approximate surface area is 131 Å². The van der Waals surface area contributed by atoms with E-state index in [0.717, 1.165) is 27.3 Å². The monoisotopic (exact) mass is 311 g/mol. The summed E-state index contributed by atoms with van der Waals surface area (Å²) in [5.41, 5.74) is 2.56. The third kappa shape index (κ3) is 3.29. The van der Waals surface area contributed by atoms with E-state index < -0.39 is 0 Å². The molecule has 5 heteroatoms. The predicted molar refractivity (Wildman–Crippen MR) is 81.5 cm³/mol. The topological polar surface area (TPSA) is 52.3 Å². The number of aromatic nitrogens is 1. The van der Waals surface area contributed by atoms with Crippen LogP contribution in [0.4, 0.5) is 4.39 Å². The molecular formula is C18H14FNO3. The number of nitrogens with zero attached hydrogens (tertiary/aromatic N) is 1. The van der Waals surface area contributed by atoms with Crippen LogP contribution in [0.1, 0.15) is 12.5 Å². The number of carbonyl (C=O) groups is 1. The number of benzene rings is 2. The molecule has 0 N–H and O–H groups in total. The van der Waals surface area contributed by atoms with E-state index in [1.807, 2.05) is 30.3 Å². The van der Waals surface area contributed by atoms with Crippen LogP contribution in [-0.2, 0) is 16.1 Å². The molecule has 2 aromatic rings. The maximum absolute atomic E-state index is 12.0. The van der Waals surface area contributed by atoms with Crippen molar-refractivity contribution < 1.29 is 18.4 Å². The minimum atomic E-state index is -0.296. The Bertz CT molecular complexity index is 920. The molecule has 0 saturated heterocycles. The number of esters is 1. The Morgan fingerprint density at radius 2 is 2.04 bits per heavy atom. The van der Waals surface area contributed by atoms with Gasteiger partial charge in [0.15, 0.2) is 0 Å². The van der Waals surface area contributed by atoms with Crippen LogP contribution in [0.2, 0.25) is 0 Å². The summed E-state index contributed by atoms with van der Waals surface area (Å²) in [6.45, 7) is 1.64. The van der Waals surface area contributed by atoms with Gasteiger partial charge < -0.3 is 9.26 Å². The van der Waals surface area contributed by atoms with Gasteiger partial charge in [0.2, 0.25) is 0 Å². The van der Waals surface area contributed by atoms with E-state index in [2.05, 4.69) is 5.16 Å². The Morgan fingerprint density at radius 3 is 2.52 bits per heavy atom. The second-order valence-corrected chi connectivity index (χ2v) is 5.02. The molecule has 1 heterocycles. The molecule has 1 aromatic heterocycles. The Hall–Kier alpha value is -2.95. The average molecular weight is 311 g/mol. The lowest BCUT2D eigenvalue weighted by molar-refractivity contribution is -0.142. The molecule has 0 aliphatic heterocycles. The van der Waals surface area contributed by atoms with Crippen molar-refractivity contribution in [1.82, 2.24) is 5.16 Å². The number of hydrogen-bond donors (Lipinski definition) is 0. The van der Waals surface area contributed by atoms with Gasteiger partial charge in [-0.2, -0.15) is 0 Å². The molecule has 4 nitrogen and oxygen atoms in total. The summed E-state index contributed by atoms with van der Waals surface area (Å²) in [5, 5.41) is 5.73. The Balaban J connectivity index is 0.000000183. The van der Waals surface area contributed by atoms with E-state index >= 15 is 0 Å². The molecule has 2 aliphatic rings. The minimum Gasteiger partial charge on any atom is -0.461 e. The maximum atomic E-state index is 12.0. The minimum absolute atomic E-state index is 0.0579. The smallest absolute Gasteiger partial charge is 0.302 e. The fraction of sp³-hybridized carbons (Fsp3) is 0.111. The lowest BCUT2D eigenvalue weighted by atomic mass is 10.1. The molecule has 0 atom stereocenters.